The van der Waals surface area contributed by atoms with Crippen molar-refractivity contribution in [1.82, 2.24) is 9.97 Å². The number of nitrogens with one attached hydrogen (secondary N) is 3. The van der Waals surface area contributed by atoms with Crippen molar-refractivity contribution in [2.45, 2.75) is 6.42 Å². The lowest BCUT2D eigenvalue weighted by Gasteiger charge is -2.08. The van der Waals surface area contributed by atoms with Crippen molar-refractivity contribution in [3.8, 4) is 0 Å². The van der Waals surface area contributed by atoms with Gasteiger partial charge in [0.05, 0.1) is 11.9 Å². The monoisotopic (exact) mass is 390 g/mol. The number of aromatic amines is 1. The number of aromatic nitrogens is 2. The normalized spacial score (nSPS) is 10.8. The van der Waals surface area contributed by atoms with Crippen molar-refractivity contribution in [3.05, 3.63) is 89.2 Å². The summed E-state index contributed by atoms with van der Waals surface area (Å²) in [6.45, 7) is 0.789. The first-order chi connectivity index (χ1) is 13.7. The first-order valence-corrected chi connectivity index (χ1v) is 9.39. The highest BCUT2D eigenvalue weighted by Gasteiger charge is 2.07. The van der Waals surface area contributed by atoms with Crippen LogP contribution in [-0.2, 0) is 6.42 Å². The van der Waals surface area contributed by atoms with Crippen LogP contribution in [0.15, 0.2) is 73.1 Å². The van der Waals surface area contributed by atoms with Gasteiger partial charge in [-0.05, 0) is 48.4 Å². The van der Waals surface area contributed by atoms with Gasteiger partial charge in [-0.3, -0.25) is 4.79 Å². The van der Waals surface area contributed by atoms with E-state index in [1.165, 1.54) is 10.9 Å². The summed E-state index contributed by atoms with van der Waals surface area (Å²) in [6.07, 6.45) is 4.67. The molecular weight excluding hydrogens is 372 g/mol. The minimum atomic E-state index is -0.241. The van der Waals surface area contributed by atoms with E-state index in [0.29, 0.717) is 16.4 Å². The summed E-state index contributed by atoms with van der Waals surface area (Å²) >= 11 is 5.92. The van der Waals surface area contributed by atoms with Crippen LogP contribution in [0.1, 0.15) is 15.9 Å². The van der Waals surface area contributed by atoms with E-state index >= 15 is 0 Å². The molecular formula is C22H19ClN4O. The number of halogens is 1. The van der Waals surface area contributed by atoms with Crippen LogP contribution in [-0.4, -0.2) is 22.4 Å². The molecule has 0 saturated carbocycles. The topological polar surface area (TPSA) is 69.8 Å². The van der Waals surface area contributed by atoms with Crippen LogP contribution in [0.25, 0.3) is 10.9 Å². The molecule has 2 aromatic carbocycles. The van der Waals surface area contributed by atoms with Gasteiger partial charge >= 0.3 is 0 Å². The molecule has 0 atom stereocenters. The second-order valence-corrected chi connectivity index (χ2v) is 6.87. The molecule has 4 aromatic rings. The van der Waals surface area contributed by atoms with Gasteiger partial charge in [0.2, 0.25) is 0 Å². The van der Waals surface area contributed by atoms with Crippen molar-refractivity contribution >= 4 is 39.9 Å². The molecule has 0 aliphatic heterocycles. The summed E-state index contributed by atoms with van der Waals surface area (Å²) in [5, 5.41) is 7.91. The Morgan fingerprint density at radius 2 is 1.96 bits per heavy atom. The second kappa shape index (κ2) is 8.15. The maximum absolute atomic E-state index is 12.2. The first-order valence-electron chi connectivity index (χ1n) is 9.01. The maximum atomic E-state index is 12.2. The standard InChI is InChI=1S/C22H19ClN4O/c23-17-5-3-4-15(12-17)22(28)27-21-9-8-18(14-26-21)24-11-10-16-13-25-20-7-2-1-6-19(16)20/h1-9,12-14,24-25H,10-11H2,(H,26,27,28). The third kappa shape index (κ3) is 4.15. The van der Waals surface area contributed by atoms with E-state index in [9.17, 15) is 4.79 Å². The maximum Gasteiger partial charge on any atom is 0.256 e. The lowest BCUT2D eigenvalue weighted by Crippen LogP contribution is -2.13. The molecule has 5 nitrogen and oxygen atoms in total. The van der Waals surface area contributed by atoms with Crippen molar-refractivity contribution in [2.24, 2.45) is 0 Å². The zero-order valence-electron chi connectivity index (χ0n) is 15.1. The first kappa shape index (κ1) is 18.1. The zero-order chi connectivity index (χ0) is 19.3. The van der Waals surface area contributed by atoms with Gasteiger partial charge in [0, 0.05) is 34.2 Å². The van der Waals surface area contributed by atoms with Crippen LogP contribution >= 0.6 is 11.6 Å². The van der Waals surface area contributed by atoms with Crippen LogP contribution in [0.3, 0.4) is 0 Å². The van der Waals surface area contributed by atoms with Crippen LogP contribution in [0.2, 0.25) is 5.02 Å². The van der Waals surface area contributed by atoms with E-state index in [4.69, 9.17) is 11.6 Å². The number of para-hydroxylation sites is 1. The Kier molecular flexibility index (Phi) is 5.26. The molecule has 2 heterocycles. The van der Waals surface area contributed by atoms with Crippen LogP contribution < -0.4 is 10.6 Å². The van der Waals surface area contributed by atoms with E-state index in [2.05, 4.69) is 38.9 Å². The van der Waals surface area contributed by atoms with Crippen LogP contribution in [0.4, 0.5) is 11.5 Å². The molecule has 6 heteroatoms. The predicted octanol–water partition coefficient (Wildman–Crippen LogP) is 5.12. The molecule has 0 bridgehead atoms. The molecule has 0 radical (unpaired) electrons. The predicted molar refractivity (Wildman–Crippen MR) is 114 cm³/mol. The SMILES string of the molecule is O=C(Nc1ccc(NCCc2c[nH]c3ccccc23)cn1)c1cccc(Cl)c1. The van der Waals surface area contributed by atoms with E-state index in [1.54, 1.807) is 36.5 Å². The van der Waals surface area contributed by atoms with Crippen molar-refractivity contribution in [3.63, 3.8) is 0 Å². The van der Waals surface area contributed by atoms with E-state index in [0.717, 1.165) is 24.2 Å². The number of carbonyl (C=O) groups excluding carboxylic acids is 1. The molecule has 1 amide bonds. The molecule has 3 N–H and O–H groups in total. The fraction of sp³-hybridized carbons (Fsp3) is 0.0909. The van der Waals surface area contributed by atoms with Crippen molar-refractivity contribution < 1.29 is 4.79 Å². The van der Waals surface area contributed by atoms with E-state index in [1.807, 2.05) is 18.2 Å². The van der Waals surface area contributed by atoms with Gasteiger partial charge in [-0.25, -0.2) is 4.98 Å². The minimum Gasteiger partial charge on any atom is -0.383 e. The number of nitrogens with zero attached hydrogens (tertiary/aromatic N) is 1. The smallest absolute Gasteiger partial charge is 0.256 e. The summed E-state index contributed by atoms with van der Waals surface area (Å²) in [5.74, 6) is 0.252. The van der Waals surface area contributed by atoms with Crippen molar-refractivity contribution in [1.29, 1.82) is 0 Å². The van der Waals surface area contributed by atoms with E-state index < -0.39 is 0 Å². The Morgan fingerprint density at radius 1 is 1.07 bits per heavy atom. The zero-order valence-corrected chi connectivity index (χ0v) is 15.8. The quantitative estimate of drug-likeness (QED) is 0.427. The minimum absolute atomic E-state index is 0.241. The molecule has 0 spiro atoms. The molecule has 0 aliphatic carbocycles. The summed E-state index contributed by atoms with van der Waals surface area (Å²) in [5.41, 5.74) is 3.83. The molecule has 0 aliphatic rings. The second-order valence-electron chi connectivity index (χ2n) is 6.43. The van der Waals surface area contributed by atoms with Crippen LogP contribution in [0, 0.1) is 0 Å². The number of anilines is 2. The molecule has 2 aromatic heterocycles. The Bertz CT molecular complexity index is 1100. The number of hydrogen-bond acceptors (Lipinski definition) is 3. The number of pyridine rings is 1. The highest BCUT2D eigenvalue weighted by Crippen LogP contribution is 2.18. The van der Waals surface area contributed by atoms with Gasteiger partial charge in [0.15, 0.2) is 0 Å². The molecule has 140 valence electrons. The average molecular weight is 391 g/mol. The lowest BCUT2D eigenvalue weighted by molar-refractivity contribution is 0.102. The molecule has 0 unspecified atom stereocenters. The Balaban J connectivity index is 1.32. The average Bonchev–Trinajstić information content (AvgIpc) is 3.12. The van der Waals surface area contributed by atoms with Gasteiger partial charge in [-0.2, -0.15) is 0 Å². The molecule has 0 saturated heterocycles. The largest absolute Gasteiger partial charge is 0.383 e. The fourth-order valence-corrected chi connectivity index (χ4v) is 3.26. The fourth-order valence-electron chi connectivity index (χ4n) is 3.07. The number of carbonyl (C=O) groups is 1. The Labute approximate surface area is 167 Å². The molecule has 4 rings (SSSR count). The Hall–Kier alpha value is -3.31. The summed E-state index contributed by atoms with van der Waals surface area (Å²) < 4.78 is 0. The highest BCUT2D eigenvalue weighted by atomic mass is 35.5. The number of amides is 1. The Morgan fingerprint density at radius 3 is 2.79 bits per heavy atom. The summed E-state index contributed by atoms with van der Waals surface area (Å²) in [6, 6.07) is 18.8. The lowest BCUT2D eigenvalue weighted by atomic mass is 10.1. The van der Waals surface area contributed by atoms with Gasteiger partial charge in [-0.1, -0.05) is 35.9 Å². The highest BCUT2D eigenvalue weighted by molar-refractivity contribution is 6.31. The van der Waals surface area contributed by atoms with Gasteiger partial charge in [0.1, 0.15) is 5.82 Å². The molecule has 28 heavy (non-hydrogen) atoms. The van der Waals surface area contributed by atoms with Crippen molar-refractivity contribution in [2.75, 3.05) is 17.2 Å². The third-order valence-corrected chi connectivity index (χ3v) is 4.73. The van der Waals surface area contributed by atoms with Crippen LogP contribution in [0.5, 0.6) is 0 Å². The number of hydrogen-bond donors (Lipinski definition) is 3. The molecule has 0 fully saturated rings. The third-order valence-electron chi connectivity index (χ3n) is 4.49. The van der Waals surface area contributed by atoms with E-state index in [-0.39, 0.29) is 5.91 Å². The summed E-state index contributed by atoms with van der Waals surface area (Å²) in [7, 11) is 0. The number of H-pyrrole nitrogens is 1. The number of fused-ring (bicyclic) bond motifs is 1. The van der Waals surface area contributed by atoms with Gasteiger partial charge in [0.25, 0.3) is 5.91 Å². The van der Waals surface area contributed by atoms with Gasteiger partial charge in [-0.15, -0.1) is 0 Å². The number of rotatable bonds is 6. The summed E-state index contributed by atoms with van der Waals surface area (Å²) in [4.78, 5) is 19.8. The van der Waals surface area contributed by atoms with Gasteiger partial charge < -0.3 is 15.6 Å². The number of benzene rings is 2.